The number of ether oxygens (including phenoxy) is 1. The maximum atomic E-state index is 13.2. The first-order valence-corrected chi connectivity index (χ1v) is 8.95. The molecule has 1 fully saturated rings. The van der Waals surface area contributed by atoms with E-state index in [4.69, 9.17) is 0 Å². The minimum Gasteiger partial charge on any atom is -0.433 e. The SMILES string of the molecule is BC1CN(C(C)(C)C)C(B)(B)C(B)(B)N1C(=O)OC(B)(C(F)(F)F)C(F)(F)F. The van der Waals surface area contributed by atoms with Crippen molar-refractivity contribution in [3.05, 3.63) is 0 Å². The average molecular weight is 407 g/mol. The third-order valence-corrected chi connectivity index (χ3v) is 6.04. The fourth-order valence-electron chi connectivity index (χ4n) is 3.77. The lowest BCUT2D eigenvalue weighted by Crippen LogP contribution is -2.83. The highest BCUT2D eigenvalue weighted by molar-refractivity contribution is 6.55. The molecule has 0 N–H and O–H groups in total. The molecule has 1 atom stereocenters. The van der Waals surface area contributed by atoms with Crippen LogP contribution in [0, 0.1) is 0 Å². The molecule has 1 unspecified atom stereocenters. The summed E-state index contributed by atoms with van der Waals surface area (Å²) in [6.45, 7) is 6.13. The fraction of sp³-hybridized carbons (Fsp3) is 0.917. The molecule has 154 valence electrons. The Morgan fingerprint density at radius 3 is 1.68 bits per heavy atom. The molecule has 28 heavy (non-hydrogen) atoms. The second kappa shape index (κ2) is 6.87. The number of hydrogen-bond donors (Lipinski definition) is 0. The van der Waals surface area contributed by atoms with Gasteiger partial charge in [-0.05, 0) is 31.4 Å². The molecule has 0 radical (unpaired) electrons. The second-order valence-corrected chi connectivity index (χ2v) is 9.52. The number of halogens is 6. The first-order valence-electron chi connectivity index (χ1n) is 8.95. The summed E-state index contributed by atoms with van der Waals surface area (Å²) in [6, 6.07) is 0. The molecule has 0 aromatic carbocycles. The zero-order valence-corrected chi connectivity index (χ0v) is 17.8. The minimum atomic E-state index is -5.81. The summed E-state index contributed by atoms with van der Waals surface area (Å²) in [5.41, 5.74) is -4.93. The Hall–Kier alpha value is -0.800. The van der Waals surface area contributed by atoms with Crippen LogP contribution >= 0.6 is 0 Å². The standard InChI is InChI=1S/C12H24B6F6N2O2/c1-7(2,3)25-4-5(13)26(10(17,18)9(25,15)16)6(27)28-8(14,11(19,20)21)12(22,23)24/h5H,4,13-18H2,1-3H3. The van der Waals surface area contributed by atoms with Crippen LogP contribution in [0.4, 0.5) is 31.1 Å². The number of piperazine rings is 1. The fourth-order valence-corrected chi connectivity index (χ4v) is 3.77. The monoisotopic (exact) mass is 408 g/mol. The van der Waals surface area contributed by atoms with Crippen molar-refractivity contribution < 1.29 is 35.9 Å². The van der Waals surface area contributed by atoms with E-state index in [0.717, 1.165) is 4.90 Å². The highest BCUT2D eigenvalue weighted by atomic mass is 19.4. The number of alkyl halides is 6. The van der Waals surface area contributed by atoms with Crippen LogP contribution in [-0.2, 0) is 4.74 Å². The molecule has 0 aromatic heterocycles. The molecule has 1 rings (SSSR count). The third kappa shape index (κ3) is 3.94. The molecule has 16 heteroatoms. The average Bonchev–Trinajstić information content (AvgIpc) is 2.39. The normalized spacial score (nSPS) is 24.0. The van der Waals surface area contributed by atoms with Crippen LogP contribution in [0.15, 0.2) is 0 Å². The Kier molecular flexibility index (Phi) is 6.19. The van der Waals surface area contributed by atoms with E-state index >= 15 is 0 Å². The number of carbonyl (C=O) groups is 1. The number of amides is 1. The van der Waals surface area contributed by atoms with Gasteiger partial charge in [0, 0.05) is 18.0 Å². The van der Waals surface area contributed by atoms with Crippen LogP contribution in [0.3, 0.4) is 0 Å². The van der Waals surface area contributed by atoms with Gasteiger partial charge in [-0.2, -0.15) is 26.3 Å². The van der Waals surface area contributed by atoms with Crippen LogP contribution in [0.2, 0.25) is 0 Å². The highest BCUT2D eigenvalue weighted by Crippen LogP contribution is 2.45. The molecule has 0 aromatic rings. The van der Waals surface area contributed by atoms with Crippen LogP contribution in [0.5, 0.6) is 0 Å². The Labute approximate surface area is 166 Å². The molecule has 1 aliphatic rings. The van der Waals surface area contributed by atoms with Crippen LogP contribution in [0.1, 0.15) is 20.8 Å². The predicted molar refractivity (Wildman–Crippen MR) is 110 cm³/mol. The first-order chi connectivity index (χ1) is 12.0. The summed E-state index contributed by atoms with van der Waals surface area (Å²) >= 11 is 0. The lowest BCUT2D eigenvalue weighted by atomic mass is 9.35. The van der Waals surface area contributed by atoms with Crippen LogP contribution < -0.4 is 0 Å². The molecule has 1 saturated heterocycles. The zero-order valence-electron chi connectivity index (χ0n) is 17.8. The van der Waals surface area contributed by atoms with Crippen molar-refractivity contribution in [1.29, 1.82) is 0 Å². The van der Waals surface area contributed by atoms with E-state index in [9.17, 15) is 31.1 Å². The van der Waals surface area contributed by atoms with Gasteiger partial charge in [0.15, 0.2) is 7.85 Å². The van der Waals surface area contributed by atoms with Crippen molar-refractivity contribution in [2.45, 2.75) is 60.8 Å². The van der Waals surface area contributed by atoms with Gasteiger partial charge in [-0.15, -0.1) is 0 Å². The van der Waals surface area contributed by atoms with Gasteiger partial charge in [0.05, 0.1) is 0 Å². The molecule has 1 amide bonds. The minimum absolute atomic E-state index is 0.168. The number of hydrogen-bond acceptors (Lipinski definition) is 3. The molecular formula is C12H24B6F6N2O2. The summed E-state index contributed by atoms with van der Waals surface area (Å²) in [5, 5.41) is -1.88. The Bertz CT molecular complexity index is 607. The van der Waals surface area contributed by atoms with Gasteiger partial charge in [0.2, 0.25) is 0 Å². The van der Waals surface area contributed by atoms with Gasteiger partial charge in [0.25, 0.3) is 5.50 Å². The largest absolute Gasteiger partial charge is 0.433 e. The van der Waals surface area contributed by atoms with Gasteiger partial charge in [-0.25, -0.2) is 4.79 Å². The van der Waals surface area contributed by atoms with Crippen molar-refractivity contribution in [2.24, 2.45) is 0 Å². The van der Waals surface area contributed by atoms with Crippen LogP contribution in [0.25, 0.3) is 0 Å². The number of nitrogens with zero attached hydrogens (tertiary/aromatic N) is 2. The Balaban J connectivity index is 3.38. The van der Waals surface area contributed by atoms with Crippen molar-refractivity contribution in [1.82, 2.24) is 9.80 Å². The molecular weight excluding hydrogens is 383 g/mol. The van der Waals surface area contributed by atoms with E-state index in [1.165, 1.54) is 0 Å². The van der Waals surface area contributed by atoms with Gasteiger partial charge in [-0.3, -0.25) is 0 Å². The van der Waals surface area contributed by atoms with Crippen molar-refractivity contribution in [3.63, 3.8) is 0 Å². The summed E-state index contributed by atoms with van der Waals surface area (Å²) in [6.07, 6.45) is -13.3. The summed E-state index contributed by atoms with van der Waals surface area (Å²) in [7, 11) is 8.24. The zero-order chi connectivity index (χ0) is 22.7. The lowest BCUT2D eigenvalue weighted by Gasteiger charge is -2.65. The molecule has 0 bridgehead atoms. The quantitative estimate of drug-likeness (QED) is 0.339. The molecule has 0 spiro atoms. The van der Waals surface area contributed by atoms with E-state index in [0.29, 0.717) is 0 Å². The molecule has 1 heterocycles. The van der Waals surface area contributed by atoms with Crippen LogP contribution in [-0.4, -0.2) is 110 Å². The van der Waals surface area contributed by atoms with Gasteiger partial charge < -0.3 is 14.5 Å². The molecule has 0 saturated carbocycles. The van der Waals surface area contributed by atoms with Gasteiger partial charge >= 0.3 is 18.4 Å². The van der Waals surface area contributed by atoms with Gasteiger partial charge in [-0.1, -0.05) is 0 Å². The third-order valence-electron chi connectivity index (χ3n) is 6.04. The molecule has 4 nitrogen and oxygen atoms in total. The van der Waals surface area contributed by atoms with E-state index in [1.54, 1.807) is 39.2 Å². The maximum absolute atomic E-state index is 13.2. The van der Waals surface area contributed by atoms with Gasteiger partial charge in [0.1, 0.15) is 39.2 Å². The first kappa shape index (κ1) is 25.2. The van der Waals surface area contributed by atoms with E-state index < -0.39 is 40.6 Å². The predicted octanol–water partition coefficient (Wildman–Crippen LogP) is -3.21. The molecule has 0 aliphatic carbocycles. The van der Waals surface area contributed by atoms with Crippen molar-refractivity contribution in [3.8, 4) is 0 Å². The highest BCUT2D eigenvalue weighted by Gasteiger charge is 2.71. The maximum Gasteiger partial charge on any atom is 0.428 e. The summed E-state index contributed by atoms with van der Waals surface area (Å²) < 4.78 is 83.1. The van der Waals surface area contributed by atoms with E-state index in [1.807, 2.05) is 20.8 Å². The summed E-state index contributed by atoms with van der Waals surface area (Å²) in [5.74, 6) is -0.666. The van der Waals surface area contributed by atoms with Crippen molar-refractivity contribution in [2.75, 3.05) is 6.54 Å². The second-order valence-electron chi connectivity index (χ2n) is 9.52. The molecule has 1 aliphatic heterocycles. The summed E-state index contributed by atoms with van der Waals surface area (Å²) in [4.78, 5) is 15.7. The van der Waals surface area contributed by atoms with Crippen molar-refractivity contribution >= 4 is 53.2 Å². The van der Waals surface area contributed by atoms with E-state index in [-0.39, 0.29) is 19.9 Å². The smallest absolute Gasteiger partial charge is 0.428 e. The number of carbonyl (C=O) groups excluding carboxylic acids is 1. The number of rotatable bonds is 1. The van der Waals surface area contributed by atoms with E-state index in [2.05, 4.69) is 9.64 Å². The Morgan fingerprint density at radius 1 is 0.964 bits per heavy atom. The topological polar surface area (TPSA) is 32.8 Å². The Morgan fingerprint density at radius 2 is 1.36 bits per heavy atom. The lowest BCUT2D eigenvalue weighted by molar-refractivity contribution is -0.331.